The third-order valence-corrected chi connectivity index (χ3v) is 1.98. The number of aliphatic carboxylic acids is 1. The van der Waals surface area contributed by atoms with Crippen LogP contribution in [0.4, 0.5) is 10.2 Å². The molecule has 5 nitrogen and oxygen atoms in total. The van der Waals surface area contributed by atoms with Crippen LogP contribution in [0.15, 0.2) is 6.33 Å². The number of aryl methyl sites for hydroxylation is 1. The Hall–Kier alpha value is -1.72. The summed E-state index contributed by atoms with van der Waals surface area (Å²) in [6, 6.07) is -0.839. The highest BCUT2D eigenvalue weighted by atomic mass is 19.1. The average Bonchev–Trinajstić information content (AvgIpc) is 2.19. The summed E-state index contributed by atoms with van der Waals surface area (Å²) in [4.78, 5) is 18.0. The summed E-state index contributed by atoms with van der Waals surface area (Å²) in [5.74, 6) is -1.72. The fourth-order valence-electron chi connectivity index (χ4n) is 1.06. The zero-order valence-electron chi connectivity index (χ0n) is 8.49. The van der Waals surface area contributed by atoms with Crippen LogP contribution in [0.5, 0.6) is 0 Å². The monoisotopic (exact) mass is 213 g/mol. The second kappa shape index (κ2) is 4.68. The van der Waals surface area contributed by atoms with E-state index in [4.69, 9.17) is 5.11 Å². The fraction of sp³-hybridized carbons (Fsp3) is 0.444. The molecule has 2 N–H and O–H groups in total. The van der Waals surface area contributed by atoms with E-state index in [1.165, 1.54) is 13.3 Å². The molecule has 0 fully saturated rings. The number of nitrogens with zero attached hydrogens (tertiary/aromatic N) is 2. The first kappa shape index (κ1) is 11.4. The van der Waals surface area contributed by atoms with Crippen molar-refractivity contribution < 1.29 is 14.3 Å². The number of nitrogens with one attached hydrogen (secondary N) is 1. The summed E-state index contributed by atoms with van der Waals surface area (Å²) in [5.41, 5.74) is 0.188. The molecule has 0 spiro atoms. The standard InChI is InChI=1S/C9H12FN3O2/c1-3-6(9(14)15)13-8-7(10)5(2)11-4-12-8/h4,6H,3H2,1-2H3,(H,14,15)(H,11,12,13). The number of carboxylic acids is 1. The molecule has 1 aromatic rings. The van der Waals surface area contributed by atoms with E-state index in [2.05, 4.69) is 15.3 Å². The highest BCUT2D eigenvalue weighted by molar-refractivity contribution is 5.76. The van der Waals surface area contributed by atoms with Gasteiger partial charge in [-0.05, 0) is 13.3 Å². The van der Waals surface area contributed by atoms with Gasteiger partial charge in [-0.1, -0.05) is 6.92 Å². The molecule has 0 saturated heterocycles. The topological polar surface area (TPSA) is 75.1 Å². The number of aromatic nitrogens is 2. The molecule has 1 aromatic heterocycles. The first-order valence-corrected chi connectivity index (χ1v) is 4.52. The molecular formula is C9H12FN3O2. The van der Waals surface area contributed by atoms with Gasteiger partial charge in [0, 0.05) is 0 Å². The Morgan fingerprint density at radius 3 is 2.87 bits per heavy atom. The van der Waals surface area contributed by atoms with Crippen LogP contribution in [0, 0.1) is 12.7 Å². The van der Waals surface area contributed by atoms with Crippen LogP contribution < -0.4 is 5.32 Å². The quantitative estimate of drug-likeness (QED) is 0.786. The zero-order valence-corrected chi connectivity index (χ0v) is 8.49. The molecule has 0 aliphatic heterocycles. The normalized spacial score (nSPS) is 12.2. The highest BCUT2D eigenvalue weighted by Crippen LogP contribution is 2.13. The van der Waals surface area contributed by atoms with Gasteiger partial charge >= 0.3 is 5.97 Å². The van der Waals surface area contributed by atoms with Crippen LogP contribution in [0.3, 0.4) is 0 Å². The fourth-order valence-corrected chi connectivity index (χ4v) is 1.06. The van der Waals surface area contributed by atoms with Crippen LogP contribution in [0.2, 0.25) is 0 Å². The molecule has 0 aliphatic rings. The van der Waals surface area contributed by atoms with Crippen molar-refractivity contribution in [3.05, 3.63) is 17.8 Å². The molecule has 1 unspecified atom stereocenters. The smallest absolute Gasteiger partial charge is 0.326 e. The van der Waals surface area contributed by atoms with Gasteiger partial charge in [0.05, 0.1) is 5.69 Å². The van der Waals surface area contributed by atoms with Crippen molar-refractivity contribution >= 4 is 11.8 Å². The lowest BCUT2D eigenvalue weighted by Crippen LogP contribution is -2.29. The van der Waals surface area contributed by atoms with Gasteiger partial charge in [-0.15, -0.1) is 0 Å². The van der Waals surface area contributed by atoms with Crippen LogP contribution in [-0.4, -0.2) is 27.1 Å². The number of carboxylic acid groups (broad SMARTS) is 1. The molecule has 1 heterocycles. The molecule has 82 valence electrons. The van der Waals surface area contributed by atoms with Gasteiger partial charge < -0.3 is 10.4 Å². The summed E-state index contributed by atoms with van der Waals surface area (Å²) in [5, 5.41) is 11.3. The average molecular weight is 213 g/mol. The number of halogens is 1. The summed E-state index contributed by atoms with van der Waals surface area (Å²) in [6.07, 6.45) is 1.53. The lowest BCUT2D eigenvalue weighted by molar-refractivity contribution is -0.137. The lowest BCUT2D eigenvalue weighted by atomic mass is 10.2. The van der Waals surface area contributed by atoms with E-state index >= 15 is 0 Å². The number of carbonyl (C=O) groups is 1. The molecule has 6 heteroatoms. The van der Waals surface area contributed by atoms with Gasteiger partial charge in [0.15, 0.2) is 11.6 Å². The van der Waals surface area contributed by atoms with E-state index in [9.17, 15) is 9.18 Å². The summed E-state index contributed by atoms with van der Waals surface area (Å²) < 4.78 is 13.4. The third kappa shape index (κ3) is 2.61. The van der Waals surface area contributed by atoms with Gasteiger partial charge in [-0.3, -0.25) is 0 Å². The van der Waals surface area contributed by atoms with Gasteiger partial charge in [-0.2, -0.15) is 0 Å². The predicted octanol–water partition coefficient (Wildman–Crippen LogP) is 1.20. The third-order valence-electron chi connectivity index (χ3n) is 1.98. The van der Waals surface area contributed by atoms with Gasteiger partial charge in [0.2, 0.25) is 0 Å². The Balaban J connectivity index is 2.88. The molecule has 0 amide bonds. The van der Waals surface area contributed by atoms with Crippen LogP contribution in [0.25, 0.3) is 0 Å². The maximum Gasteiger partial charge on any atom is 0.326 e. The van der Waals surface area contributed by atoms with E-state index in [0.717, 1.165) is 0 Å². The summed E-state index contributed by atoms with van der Waals surface area (Å²) >= 11 is 0. The molecule has 15 heavy (non-hydrogen) atoms. The van der Waals surface area contributed by atoms with E-state index in [0.29, 0.717) is 6.42 Å². The van der Waals surface area contributed by atoms with Gasteiger partial charge in [0.25, 0.3) is 0 Å². The highest BCUT2D eigenvalue weighted by Gasteiger charge is 2.17. The van der Waals surface area contributed by atoms with Crippen molar-refractivity contribution in [1.29, 1.82) is 0 Å². The number of anilines is 1. The number of hydrogen-bond donors (Lipinski definition) is 2. The molecular weight excluding hydrogens is 201 g/mol. The van der Waals surface area contributed by atoms with E-state index in [1.54, 1.807) is 6.92 Å². The Bertz CT molecular complexity index is 370. The van der Waals surface area contributed by atoms with Crippen LogP contribution in [0.1, 0.15) is 19.0 Å². The Labute approximate surface area is 86.4 Å². The Kier molecular flexibility index (Phi) is 3.54. The minimum Gasteiger partial charge on any atom is -0.480 e. The first-order chi connectivity index (χ1) is 7.06. The molecule has 0 saturated carbocycles. The minimum atomic E-state index is -1.03. The van der Waals surface area contributed by atoms with E-state index < -0.39 is 17.8 Å². The second-order valence-electron chi connectivity index (χ2n) is 3.07. The lowest BCUT2D eigenvalue weighted by Gasteiger charge is -2.13. The second-order valence-corrected chi connectivity index (χ2v) is 3.07. The van der Waals surface area contributed by atoms with Gasteiger partial charge in [0.1, 0.15) is 12.4 Å². The van der Waals surface area contributed by atoms with E-state index in [1.807, 2.05) is 0 Å². The SMILES string of the molecule is CCC(Nc1ncnc(C)c1F)C(=O)O. The first-order valence-electron chi connectivity index (χ1n) is 4.52. The molecule has 0 radical (unpaired) electrons. The van der Waals surface area contributed by atoms with Crippen molar-refractivity contribution in [1.82, 2.24) is 9.97 Å². The molecule has 1 rings (SSSR count). The van der Waals surface area contributed by atoms with Gasteiger partial charge in [-0.25, -0.2) is 19.2 Å². The Morgan fingerprint density at radius 1 is 1.67 bits per heavy atom. The summed E-state index contributed by atoms with van der Waals surface area (Å²) in [7, 11) is 0. The van der Waals surface area contributed by atoms with E-state index in [-0.39, 0.29) is 11.5 Å². The molecule has 0 aromatic carbocycles. The molecule has 0 aliphatic carbocycles. The van der Waals surface area contributed by atoms with Crippen molar-refractivity contribution in [3.8, 4) is 0 Å². The van der Waals surface area contributed by atoms with Crippen molar-refractivity contribution in [2.24, 2.45) is 0 Å². The van der Waals surface area contributed by atoms with Crippen molar-refractivity contribution in [3.63, 3.8) is 0 Å². The van der Waals surface area contributed by atoms with Crippen molar-refractivity contribution in [2.45, 2.75) is 26.3 Å². The predicted molar refractivity (Wildman–Crippen MR) is 52.1 cm³/mol. The summed E-state index contributed by atoms with van der Waals surface area (Å²) in [6.45, 7) is 3.18. The maximum atomic E-state index is 13.4. The maximum absolute atomic E-state index is 13.4. The Morgan fingerprint density at radius 2 is 2.33 bits per heavy atom. The molecule has 0 bridgehead atoms. The van der Waals surface area contributed by atoms with Crippen LogP contribution >= 0.6 is 0 Å². The number of rotatable bonds is 4. The zero-order chi connectivity index (χ0) is 11.4. The minimum absolute atomic E-state index is 0.0725. The number of hydrogen-bond acceptors (Lipinski definition) is 4. The van der Waals surface area contributed by atoms with Crippen molar-refractivity contribution in [2.75, 3.05) is 5.32 Å². The van der Waals surface area contributed by atoms with Crippen LogP contribution in [-0.2, 0) is 4.79 Å². The molecule has 1 atom stereocenters. The largest absolute Gasteiger partial charge is 0.480 e.